The number of hydrogen-bond acceptors (Lipinski definition) is 8. The second-order valence-electron chi connectivity index (χ2n) is 11.3. The first kappa shape index (κ1) is 30.4. The fourth-order valence-electron chi connectivity index (χ4n) is 4.75. The first-order valence-electron chi connectivity index (χ1n) is 14.7. The Balaban J connectivity index is 1.13. The van der Waals surface area contributed by atoms with Crippen molar-refractivity contribution < 1.29 is 38.0 Å². The SMILES string of the molecule is CCC1(COCCCCOC(=O)c2ccc3ccc(C(=O)OCCCCOCC4(CC)COC4)cc3c2)COC1. The van der Waals surface area contributed by atoms with Gasteiger partial charge in [0, 0.05) is 24.0 Å². The van der Waals surface area contributed by atoms with E-state index in [0.717, 1.165) is 88.9 Å². The molecule has 0 saturated carbocycles. The van der Waals surface area contributed by atoms with Gasteiger partial charge in [-0.1, -0.05) is 26.0 Å². The highest BCUT2D eigenvalue weighted by Gasteiger charge is 2.37. The molecule has 40 heavy (non-hydrogen) atoms. The Hall–Kier alpha value is -2.52. The van der Waals surface area contributed by atoms with Crippen molar-refractivity contribution in [2.24, 2.45) is 10.8 Å². The summed E-state index contributed by atoms with van der Waals surface area (Å²) in [6.07, 6.45) is 5.27. The largest absolute Gasteiger partial charge is 0.462 e. The maximum Gasteiger partial charge on any atom is 0.338 e. The van der Waals surface area contributed by atoms with Gasteiger partial charge in [0.1, 0.15) is 0 Å². The topological polar surface area (TPSA) is 89.5 Å². The molecule has 0 atom stereocenters. The molecule has 0 radical (unpaired) electrons. The van der Waals surface area contributed by atoms with Crippen LogP contribution in [0.15, 0.2) is 36.4 Å². The monoisotopic (exact) mass is 556 g/mol. The van der Waals surface area contributed by atoms with E-state index < -0.39 is 0 Å². The van der Waals surface area contributed by atoms with Crippen molar-refractivity contribution in [2.75, 3.05) is 66.1 Å². The lowest BCUT2D eigenvalue weighted by Gasteiger charge is -2.40. The van der Waals surface area contributed by atoms with Gasteiger partial charge in [-0.2, -0.15) is 0 Å². The first-order valence-corrected chi connectivity index (χ1v) is 14.7. The molecule has 0 amide bonds. The number of rotatable bonds is 18. The van der Waals surface area contributed by atoms with Crippen molar-refractivity contribution >= 4 is 22.7 Å². The van der Waals surface area contributed by atoms with Gasteiger partial charge in [-0.25, -0.2) is 9.59 Å². The Morgan fingerprint density at radius 3 is 1.45 bits per heavy atom. The highest BCUT2D eigenvalue weighted by Crippen LogP contribution is 2.32. The lowest BCUT2D eigenvalue weighted by atomic mass is 9.84. The fourth-order valence-corrected chi connectivity index (χ4v) is 4.75. The highest BCUT2D eigenvalue weighted by molar-refractivity contribution is 5.99. The van der Waals surface area contributed by atoms with E-state index in [1.165, 1.54) is 0 Å². The minimum absolute atomic E-state index is 0.193. The maximum atomic E-state index is 12.6. The van der Waals surface area contributed by atoms with Crippen LogP contribution >= 0.6 is 0 Å². The average Bonchev–Trinajstić information content (AvgIpc) is 2.93. The molecule has 0 aromatic heterocycles. The van der Waals surface area contributed by atoms with E-state index in [2.05, 4.69) is 13.8 Å². The molecule has 8 nitrogen and oxygen atoms in total. The second kappa shape index (κ2) is 14.9. The third-order valence-electron chi connectivity index (χ3n) is 8.09. The van der Waals surface area contributed by atoms with E-state index >= 15 is 0 Å². The zero-order chi connectivity index (χ0) is 28.3. The highest BCUT2D eigenvalue weighted by atomic mass is 16.5. The Morgan fingerprint density at radius 1 is 0.650 bits per heavy atom. The van der Waals surface area contributed by atoms with E-state index in [1.54, 1.807) is 24.3 Å². The smallest absolute Gasteiger partial charge is 0.338 e. The van der Waals surface area contributed by atoms with Crippen LogP contribution in [0.4, 0.5) is 0 Å². The Morgan fingerprint density at radius 2 is 1.07 bits per heavy atom. The van der Waals surface area contributed by atoms with Gasteiger partial charge in [-0.05, 0) is 73.6 Å². The predicted octanol–water partition coefficient (Wildman–Crippen LogP) is 5.60. The van der Waals surface area contributed by atoms with E-state index in [0.29, 0.717) is 37.6 Å². The van der Waals surface area contributed by atoms with Gasteiger partial charge >= 0.3 is 11.9 Å². The number of ether oxygens (including phenoxy) is 6. The molecule has 0 unspecified atom stereocenters. The van der Waals surface area contributed by atoms with Gasteiger partial charge in [-0.15, -0.1) is 0 Å². The van der Waals surface area contributed by atoms with Gasteiger partial charge in [0.25, 0.3) is 0 Å². The Labute approximate surface area is 237 Å². The molecule has 0 N–H and O–H groups in total. The molecule has 0 spiro atoms. The van der Waals surface area contributed by atoms with Crippen molar-refractivity contribution in [1.82, 2.24) is 0 Å². The van der Waals surface area contributed by atoms with E-state index in [4.69, 9.17) is 28.4 Å². The number of unbranched alkanes of at least 4 members (excludes halogenated alkanes) is 2. The lowest BCUT2D eigenvalue weighted by molar-refractivity contribution is -0.150. The summed E-state index contributed by atoms with van der Waals surface area (Å²) >= 11 is 0. The zero-order valence-electron chi connectivity index (χ0n) is 24.0. The van der Waals surface area contributed by atoms with Gasteiger partial charge in [0.15, 0.2) is 0 Å². The molecule has 2 fully saturated rings. The van der Waals surface area contributed by atoms with Crippen LogP contribution in [0, 0.1) is 10.8 Å². The van der Waals surface area contributed by atoms with E-state index in [9.17, 15) is 9.59 Å². The van der Waals surface area contributed by atoms with Gasteiger partial charge in [0.05, 0.1) is 64.0 Å². The van der Waals surface area contributed by atoms with Crippen molar-refractivity contribution in [3.63, 3.8) is 0 Å². The molecular formula is C32H44O8. The number of carbonyl (C=O) groups excluding carboxylic acids is 2. The van der Waals surface area contributed by atoms with Crippen LogP contribution in [0.25, 0.3) is 10.8 Å². The van der Waals surface area contributed by atoms with Gasteiger partial charge in [0.2, 0.25) is 0 Å². The summed E-state index contributed by atoms with van der Waals surface area (Å²) in [6.45, 7) is 10.9. The summed E-state index contributed by atoms with van der Waals surface area (Å²) in [4.78, 5) is 25.2. The van der Waals surface area contributed by atoms with Gasteiger partial charge < -0.3 is 28.4 Å². The summed E-state index contributed by atoms with van der Waals surface area (Å²) in [7, 11) is 0. The molecule has 0 bridgehead atoms. The fraction of sp³-hybridized carbons (Fsp3) is 0.625. The van der Waals surface area contributed by atoms with Crippen LogP contribution in [0.1, 0.15) is 73.1 Å². The number of benzene rings is 2. The molecule has 2 aromatic carbocycles. The predicted molar refractivity (Wildman–Crippen MR) is 152 cm³/mol. The molecule has 2 aromatic rings. The minimum Gasteiger partial charge on any atom is -0.462 e. The van der Waals surface area contributed by atoms with Crippen molar-refractivity contribution in [1.29, 1.82) is 0 Å². The maximum absolute atomic E-state index is 12.6. The number of carbonyl (C=O) groups is 2. The normalized spacial score (nSPS) is 17.1. The third-order valence-corrected chi connectivity index (χ3v) is 8.09. The third kappa shape index (κ3) is 8.26. The summed E-state index contributed by atoms with van der Waals surface area (Å²) < 4.78 is 33.2. The van der Waals surface area contributed by atoms with Crippen molar-refractivity contribution in [3.05, 3.63) is 47.5 Å². The second-order valence-corrected chi connectivity index (χ2v) is 11.3. The quantitative estimate of drug-likeness (QED) is 0.173. The average molecular weight is 557 g/mol. The molecule has 2 heterocycles. The minimum atomic E-state index is -0.371. The van der Waals surface area contributed by atoms with Crippen molar-refractivity contribution in [2.45, 2.75) is 52.4 Å². The summed E-state index contributed by atoms with van der Waals surface area (Å²) in [5.41, 5.74) is 1.31. The molecule has 2 saturated heterocycles. The summed E-state index contributed by atoms with van der Waals surface area (Å²) in [6, 6.07) is 10.7. The van der Waals surface area contributed by atoms with Crippen LogP contribution in [0.3, 0.4) is 0 Å². The van der Waals surface area contributed by atoms with Gasteiger partial charge in [-0.3, -0.25) is 0 Å². The molecule has 0 aliphatic carbocycles. The van der Waals surface area contributed by atoms with E-state index in [1.807, 2.05) is 12.1 Å². The molecule has 4 rings (SSSR count). The Bertz CT molecular complexity index is 1010. The van der Waals surface area contributed by atoms with Crippen LogP contribution in [0.2, 0.25) is 0 Å². The lowest BCUT2D eigenvalue weighted by Crippen LogP contribution is -2.45. The van der Waals surface area contributed by atoms with Crippen LogP contribution in [0.5, 0.6) is 0 Å². The molecule has 2 aliphatic heterocycles. The zero-order valence-corrected chi connectivity index (χ0v) is 24.0. The van der Waals surface area contributed by atoms with Crippen LogP contribution in [-0.4, -0.2) is 78.0 Å². The molecule has 2 aliphatic rings. The summed E-state index contributed by atoms with van der Waals surface area (Å²) in [5.74, 6) is -0.742. The van der Waals surface area contributed by atoms with E-state index in [-0.39, 0.29) is 22.8 Å². The number of fused-ring (bicyclic) bond motifs is 1. The van der Waals surface area contributed by atoms with Crippen LogP contribution in [-0.2, 0) is 28.4 Å². The van der Waals surface area contributed by atoms with Crippen molar-refractivity contribution in [3.8, 4) is 0 Å². The van der Waals surface area contributed by atoms with Crippen LogP contribution < -0.4 is 0 Å². The first-order chi connectivity index (χ1) is 19.5. The molecular weight excluding hydrogens is 512 g/mol. The standard InChI is InChI=1S/C32H44O8/c1-3-31(21-37-22-31)19-35-13-5-7-15-39-29(33)26-11-9-25-10-12-27(18-28(25)17-26)30(34)40-16-8-6-14-36-20-32(4-2)23-38-24-32/h9-12,17-18H,3-8,13-16,19-24H2,1-2H3. The molecule has 8 heteroatoms. The summed E-state index contributed by atoms with van der Waals surface area (Å²) in [5, 5.41) is 1.73. The number of hydrogen-bond donors (Lipinski definition) is 0. The molecule has 220 valence electrons. The number of esters is 2. The Kier molecular flexibility index (Phi) is 11.4.